The summed E-state index contributed by atoms with van der Waals surface area (Å²) in [6.45, 7) is 7.72. The van der Waals surface area contributed by atoms with Crippen LogP contribution in [0.5, 0.6) is 0 Å². The Kier molecular flexibility index (Phi) is 4.02. The van der Waals surface area contributed by atoms with E-state index in [4.69, 9.17) is 0 Å². The van der Waals surface area contributed by atoms with E-state index in [9.17, 15) is 8.42 Å². The molecule has 1 aliphatic rings. The van der Waals surface area contributed by atoms with Crippen molar-refractivity contribution in [3.05, 3.63) is 28.3 Å². The van der Waals surface area contributed by atoms with E-state index in [0.717, 1.165) is 47.9 Å². The summed E-state index contributed by atoms with van der Waals surface area (Å²) >= 11 is 0. The van der Waals surface area contributed by atoms with E-state index in [1.807, 2.05) is 27.7 Å². The van der Waals surface area contributed by atoms with Crippen LogP contribution in [0.4, 0.5) is 0 Å². The lowest BCUT2D eigenvalue weighted by Crippen LogP contribution is -2.33. The van der Waals surface area contributed by atoms with Gasteiger partial charge in [-0.2, -0.15) is 0 Å². The molecule has 1 aliphatic carbocycles. The Labute approximate surface area is 116 Å². The zero-order valence-electron chi connectivity index (χ0n) is 12.2. The Hall–Kier alpha value is -0.870. The van der Waals surface area contributed by atoms with Crippen molar-refractivity contribution in [2.24, 2.45) is 0 Å². The molecule has 0 amide bonds. The van der Waals surface area contributed by atoms with Gasteiger partial charge in [-0.05, 0) is 62.8 Å². The molecule has 1 N–H and O–H groups in total. The molecule has 2 rings (SSSR count). The van der Waals surface area contributed by atoms with Gasteiger partial charge in [-0.15, -0.1) is 0 Å². The van der Waals surface area contributed by atoms with Crippen molar-refractivity contribution in [2.45, 2.75) is 64.3 Å². The minimum absolute atomic E-state index is 0.115. The van der Waals surface area contributed by atoms with Crippen molar-refractivity contribution in [2.75, 3.05) is 0 Å². The highest BCUT2D eigenvalue weighted by atomic mass is 32.2. The Morgan fingerprint density at radius 2 is 1.47 bits per heavy atom. The Balaban J connectivity index is 2.45. The molecule has 0 radical (unpaired) electrons. The number of nitrogens with one attached hydrogen (secondary N) is 1. The standard InChI is InChI=1S/C15H23NO2S/c1-10-9-11(2)13(4)15(12(10)3)19(17,18)16-14-7-5-6-8-14/h9,14,16H,5-8H2,1-4H3. The van der Waals surface area contributed by atoms with Crippen LogP contribution >= 0.6 is 0 Å². The highest BCUT2D eigenvalue weighted by molar-refractivity contribution is 7.89. The maximum atomic E-state index is 12.6. The topological polar surface area (TPSA) is 46.2 Å². The van der Waals surface area contributed by atoms with Gasteiger partial charge in [-0.1, -0.05) is 18.9 Å². The lowest BCUT2D eigenvalue weighted by molar-refractivity contribution is 0.551. The lowest BCUT2D eigenvalue weighted by Gasteiger charge is -2.18. The summed E-state index contributed by atoms with van der Waals surface area (Å²) < 4.78 is 28.1. The van der Waals surface area contributed by atoms with Gasteiger partial charge in [0.25, 0.3) is 0 Å². The van der Waals surface area contributed by atoms with E-state index < -0.39 is 10.0 Å². The summed E-state index contributed by atoms with van der Waals surface area (Å²) in [5.74, 6) is 0. The zero-order chi connectivity index (χ0) is 14.2. The second-order valence-electron chi connectivity index (χ2n) is 5.69. The fourth-order valence-electron chi connectivity index (χ4n) is 2.91. The van der Waals surface area contributed by atoms with Crippen molar-refractivity contribution >= 4 is 10.0 Å². The quantitative estimate of drug-likeness (QED) is 0.925. The van der Waals surface area contributed by atoms with Crippen molar-refractivity contribution < 1.29 is 8.42 Å². The van der Waals surface area contributed by atoms with Crippen LogP contribution in [-0.2, 0) is 10.0 Å². The second kappa shape index (κ2) is 5.25. The van der Waals surface area contributed by atoms with E-state index in [1.165, 1.54) is 0 Å². The Bertz CT molecular complexity index is 558. The Morgan fingerprint density at radius 3 is 1.95 bits per heavy atom. The summed E-state index contributed by atoms with van der Waals surface area (Å²) in [7, 11) is -3.40. The first-order valence-electron chi connectivity index (χ1n) is 6.92. The number of aryl methyl sites for hydroxylation is 2. The summed E-state index contributed by atoms with van der Waals surface area (Å²) in [4.78, 5) is 0.483. The Morgan fingerprint density at radius 1 is 1.00 bits per heavy atom. The highest BCUT2D eigenvalue weighted by Crippen LogP contribution is 2.27. The number of hydrogen-bond acceptors (Lipinski definition) is 2. The first kappa shape index (κ1) is 14.5. The molecular weight excluding hydrogens is 258 g/mol. The number of rotatable bonds is 3. The first-order valence-corrected chi connectivity index (χ1v) is 8.41. The van der Waals surface area contributed by atoms with Crippen molar-refractivity contribution in [1.29, 1.82) is 0 Å². The lowest BCUT2D eigenvalue weighted by atomic mass is 10.0. The molecule has 1 aromatic rings. The minimum atomic E-state index is -3.40. The van der Waals surface area contributed by atoms with Gasteiger partial charge in [-0.3, -0.25) is 0 Å². The molecule has 1 fully saturated rings. The summed E-state index contributed by atoms with van der Waals surface area (Å²) in [6, 6.07) is 2.17. The van der Waals surface area contributed by atoms with Crippen LogP contribution in [0.1, 0.15) is 47.9 Å². The fourth-order valence-corrected chi connectivity index (χ4v) is 4.83. The summed E-state index contributed by atoms with van der Waals surface area (Å²) in [5, 5.41) is 0. The maximum absolute atomic E-state index is 12.6. The van der Waals surface area contributed by atoms with Crippen LogP contribution < -0.4 is 4.72 Å². The van der Waals surface area contributed by atoms with Gasteiger partial charge in [0.2, 0.25) is 10.0 Å². The normalized spacial score (nSPS) is 17.1. The molecule has 0 bridgehead atoms. The zero-order valence-corrected chi connectivity index (χ0v) is 13.0. The van der Waals surface area contributed by atoms with Crippen molar-refractivity contribution in [3.8, 4) is 0 Å². The fraction of sp³-hybridized carbons (Fsp3) is 0.600. The second-order valence-corrected chi connectivity index (χ2v) is 7.34. The van der Waals surface area contributed by atoms with Crippen molar-refractivity contribution in [1.82, 2.24) is 4.72 Å². The predicted molar refractivity (Wildman–Crippen MR) is 78.0 cm³/mol. The highest BCUT2D eigenvalue weighted by Gasteiger charge is 2.26. The molecule has 0 saturated heterocycles. The van der Waals surface area contributed by atoms with E-state index in [1.54, 1.807) is 0 Å². The van der Waals surface area contributed by atoms with Gasteiger partial charge in [0.1, 0.15) is 0 Å². The minimum Gasteiger partial charge on any atom is -0.208 e. The van der Waals surface area contributed by atoms with Crippen LogP contribution in [0, 0.1) is 27.7 Å². The molecule has 0 unspecified atom stereocenters. The molecule has 19 heavy (non-hydrogen) atoms. The van der Waals surface area contributed by atoms with E-state index in [-0.39, 0.29) is 6.04 Å². The van der Waals surface area contributed by atoms with Gasteiger partial charge in [0.15, 0.2) is 0 Å². The van der Waals surface area contributed by atoms with Crippen molar-refractivity contribution in [3.63, 3.8) is 0 Å². The molecule has 1 saturated carbocycles. The smallest absolute Gasteiger partial charge is 0.208 e. The third kappa shape index (κ3) is 2.84. The average molecular weight is 281 g/mol. The van der Waals surface area contributed by atoms with Crippen LogP contribution in [0.15, 0.2) is 11.0 Å². The SMILES string of the molecule is Cc1cc(C)c(C)c(S(=O)(=O)NC2CCCC2)c1C. The summed E-state index contributed by atoms with van der Waals surface area (Å²) in [6.07, 6.45) is 4.17. The third-order valence-corrected chi connectivity index (χ3v) is 6.04. The van der Waals surface area contributed by atoms with Gasteiger partial charge < -0.3 is 0 Å². The summed E-state index contributed by atoms with van der Waals surface area (Å²) in [5.41, 5.74) is 3.81. The van der Waals surface area contributed by atoms with Gasteiger partial charge in [0.05, 0.1) is 4.90 Å². The van der Waals surface area contributed by atoms with Crippen LogP contribution in [-0.4, -0.2) is 14.5 Å². The molecule has 0 spiro atoms. The molecule has 0 aliphatic heterocycles. The molecule has 4 heteroatoms. The van der Waals surface area contributed by atoms with Gasteiger partial charge >= 0.3 is 0 Å². The number of hydrogen-bond donors (Lipinski definition) is 1. The van der Waals surface area contributed by atoms with E-state index in [0.29, 0.717) is 4.90 Å². The van der Waals surface area contributed by atoms with Crippen LogP contribution in [0.25, 0.3) is 0 Å². The molecule has 1 aromatic carbocycles. The molecule has 0 aromatic heterocycles. The molecule has 0 heterocycles. The molecule has 3 nitrogen and oxygen atoms in total. The number of sulfonamides is 1. The molecular formula is C15H23NO2S. The van der Waals surface area contributed by atoms with Crippen LogP contribution in [0.2, 0.25) is 0 Å². The van der Waals surface area contributed by atoms with E-state index in [2.05, 4.69) is 10.8 Å². The largest absolute Gasteiger partial charge is 0.241 e. The first-order chi connectivity index (χ1) is 8.83. The average Bonchev–Trinajstić information content (AvgIpc) is 2.78. The molecule has 106 valence electrons. The monoisotopic (exact) mass is 281 g/mol. The predicted octanol–water partition coefficient (Wildman–Crippen LogP) is 3.14. The molecule has 0 atom stereocenters. The maximum Gasteiger partial charge on any atom is 0.241 e. The third-order valence-electron chi connectivity index (χ3n) is 4.24. The van der Waals surface area contributed by atoms with Gasteiger partial charge in [0, 0.05) is 6.04 Å². The van der Waals surface area contributed by atoms with Crippen LogP contribution in [0.3, 0.4) is 0 Å². The number of benzene rings is 1. The van der Waals surface area contributed by atoms with E-state index >= 15 is 0 Å². The van der Waals surface area contributed by atoms with Gasteiger partial charge in [-0.25, -0.2) is 13.1 Å².